The predicted octanol–water partition coefficient (Wildman–Crippen LogP) is 1.65. The number of hydrogen-bond acceptors (Lipinski definition) is 4. The number of piperazine rings is 1. The molecule has 6 nitrogen and oxygen atoms in total. The van der Waals surface area contributed by atoms with Crippen LogP contribution in [0.5, 0.6) is 5.75 Å². The monoisotopic (exact) mass is 357 g/mol. The van der Waals surface area contributed by atoms with Crippen molar-refractivity contribution in [1.29, 1.82) is 0 Å². The van der Waals surface area contributed by atoms with Gasteiger partial charge in [0.05, 0.1) is 5.69 Å². The maximum Gasteiger partial charge on any atom is 0.260 e. The van der Waals surface area contributed by atoms with E-state index in [0.717, 1.165) is 0 Å². The first kappa shape index (κ1) is 17.7. The molecule has 0 aromatic heterocycles. The summed E-state index contributed by atoms with van der Waals surface area (Å²) in [5.41, 5.74) is 6.12. The molecule has 1 aliphatic rings. The van der Waals surface area contributed by atoms with Gasteiger partial charge >= 0.3 is 0 Å². The molecule has 7 heteroatoms. The first-order valence-corrected chi connectivity index (χ1v) is 8.34. The molecular weight excluding hydrogens is 337 g/mol. The van der Waals surface area contributed by atoms with Gasteiger partial charge in [-0.15, -0.1) is 0 Å². The Morgan fingerprint density at radius 2 is 1.65 bits per heavy atom. The molecule has 1 fully saturated rings. The molecule has 1 saturated heterocycles. The average Bonchev–Trinajstić information content (AvgIpc) is 2.67. The van der Waals surface area contributed by atoms with Crippen LogP contribution in [0.15, 0.2) is 48.5 Å². The van der Waals surface area contributed by atoms with Gasteiger partial charge in [0, 0.05) is 31.7 Å². The lowest BCUT2D eigenvalue weighted by Gasteiger charge is -2.36. The van der Waals surface area contributed by atoms with Crippen molar-refractivity contribution >= 4 is 17.5 Å². The van der Waals surface area contributed by atoms with Crippen molar-refractivity contribution in [3.8, 4) is 5.75 Å². The standard InChI is InChI=1S/C19H20FN3O3/c20-16-3-1-2-4-17(16)22-9-11-23(12-10-22)18(24)13-26-15-7-5-14(6-8-15)19(21)25/h1-8H,9-13H2,(H2,21,25). The Hall–Kier alpha value is -3.09. The molecular formula is C19H20FN3O3. The molecule has 2 aromatic carbocycles. The van der Waals surface area contributed by atoms with Gasteiger partial charge in [-0.25, -0.2) is 4.39 Å². The maximum absolute atomic E-state index is 13.8. The van der Waals surface area contributed by atoms with Gasteiger partial charge in [0.1, 0.15) is 11.6 Å². The molecule has 0 aliphatic carbocycles. The number of benzene rings is 2. The van der Waals surface area contributed by atoms with Gasteiger partial charge in [-0.05, 0) is 36.4 Å². The molecule has 2 amide bonds. The van der Waals surface area contributed by atoms with E-state index in [1.807, 2.05) is 4.90 Å². The van der Waals surface area contributed by atoms with Crippen LogP contribution in [0.1, 0.15) is 10.4 Å². The van der Waals surface area contributed by atoms with E-state index in [-0.39, 0.29) is 18.3 Å². The molecule has 2 N–H and O–H groups in total. The zero-order valence-corrected chi connectivity index (χ0v) is 14.2. The third kappa shape index (κ3) is 4.11. The number of rotatable bonds is 5. The van der Waals surface area contributed by atoms with Gasteiger partial charge in [-0.1, -0.05) is 12.1 Å². The number of carbonyl (C=O) groups is 2. The van der Waals surface area contributed by atoms with Crippen molar-refractivity contribution in [2.45, 2.75) is 0 Å². The molecule has 0 spiro atoms. The number of nitrogens with two attached hydrogens (primary N) is 1. The molecule has 2 aromatic rings. The van der Waals surface area contributed by atoms with Crippen LogP contribution in [-0.2, 0) is 4.79 Å². The molecule has 0 saturated carbocycles. The smallest absolute Gasteiger partial charge is 0.260 e. The molecule has 1 aliphatic heterocycles. The van der Waals surface area contributed by atoms with E-state index < -0.39 is 5.91 Å². The molecule has 0 atom stereocenters. The number of halogens is 1. The number of hydrogen-bond donors (Lipinski definition) is 1. The van der Waals surface area contributed by atoms with Crippen LogP contribution < -0.4 is 15.4 Å². The van der Waals surface area contributed by atoms with Crippen LogP contribution in [0.3, 0.4) is 0 Å². The maximum atomic E-state index is 13.8. The van der Waals surface area contributed by atoms with Crippen LogP contribution in [0.25, 0.3) is 0 Å². The lowest BCUT2D eigenvalue weighted by atomic mass is 10.2. The molecule has 0 radical (unpaired) electrons. The third-order valence-corrected chi connectivity index (χ3v) is 4.33. The van der Waals surface area contributed by atoms with Crippen molar-refractivity contribution in [3.05, 3.63) is 59.9 Å². The third-order valence-electron chi connectivity index (χ3n) is 4.33. The summed E-state index contributed by atoms with van der Waals surface area (Å²) < 4.78 is 19.3. The van der Waals surface area contributed by atoms with E-state index in [4.69, 9.17) is 10.5 Å². The van der Waals surface area contributed by atoms with Gasteiger partial charge in [0.2, 0.25) is 5.91 Å². The number of nitrogens with zero attached hydrogens (tertiary/aromatic N) is 2. The van der Waals surface area contributed by atoms with Crippen LogP contribution in [0, 0.1) is 5.82 Å². The zero-order valence-electron chi connectivity index (χ0n) is 14.2. The molecule has 3 rings (SSSR count). The molecule has 136 valence electrons. The normalized spacial score (nSPS) is 14.2. The molecule has 1 heterocycles. The summed E-state index contributed by atoms with van der Waals surface area (Å²) in [4.78, 5) is 27.0. The summed E-state index contributed by atoms with van der Waals surface area (Å²) in [6.07, 6.45) is 0. The fourth-order valence-corrected chi connectivity index (χ4v) is 2.86. The Morgan fingerprint density at radius 3 is 2.27 bits per heavy atom. The Kier molecular flexibility index (Phi) is 5.36. The quantitative estimate of drug-likeness (QED) is 0.883. The van der Waals surface area contributed by atoms with E-state index in [2.05, 4.69) is 0 Å². The minimum absolute atomic E-state index is 0.0877. The Labute approximate surface area is 150 Å². The summed E-state index contributed by atoms with van der Waals surface area (Å²) in [7, 11) is 0. The van der Waals surface area contributed by atoms with Crippen LogP contribution in [0.2, 0.25) is 0 Å². The average molecular weight is 357 g/mol. The van der Waals surface area contributed by atoms with Crippen LogP contribution in [-0.4, -0.2) is 49.5 Å². The lowest BCUT2D eigenvalue weighted by Crippen LogP contribution is -2.50. The van der Waals surface area contributed by atoms with Crippen molar-refractivity contribution in [3.63, 3.8) is 0 Å². The Bertz CT molecular complexity index is 787. The summed E-state index contributed by atoms with van der Waals surface area (Å²) >= 11 is 0. The van der Waals surface area contributed by atoms with Gasteiger partial charge in [0.25, 0.3) is 5.91 Å². The highest BCUT2D eigenvalue weighted by atomic mass is 19.1. The van der Waals surface area contributed by atoms with Gasteiger partial charge < -0.3 is 20.3 Å². The first-order chi connectivity index (χ1) is 12.5. The highest BCUT2D eigenvalue weighted by molar-refractivity contribution is 5.92. The van der Waals surface area contributed by atoms with E-state index in [9.17, 15) is 14.0 Å². The summed E-state index contributed by atoms with van der Waals surface area (Å²) in [5.74, 6) is -0.402. The van der Waals surface area contributed by atoms with E-state index in [1.165, 1.54) is 6.07 Å². The van der Waals surface area contributed by atoms with Crippen molar-refractivity contribution in [1.82, 2.24) is 4.90 Å². The SMILES string of the molecule is NC(=O)c1ccc(OCC(=O)N2CCN(c3ccccc3F)CC2)cc1. The second kappa shape index (κ2) is 7.86. The largest absolute Gasteiger partial charge is 0.484 e. The Balaban J connectivity index is 1.49. The van der Waals surface area contributed by atoms with Crippen LogP contribution in [0.4, 0.5) is 10.1 Å². The lowest BCUT2D eigenvalue weighted by molar-refractivity contribution is -0.133. The van der Waals surface area contributed by atoms with E-state index in [1.54, 1.807) is 47.4 Å². The molecule has 0 bridgehead atoms. The number of anilines is 1. The topological polar surface area (TPSA) is 75.9 Å². The molecule has 0 unspecified atom stereocenters. The Morgan fingerprint density at radius 1 is 1.00 bits per heavy atom. The summed E-state index contributed by atoms with van der Waals surface area (Å²) in [6, 6.07) is 12.9. The predicted molar refractivity (Wildman–Crippen MR) is 95.6 cm³/mol. The minimum atomic E-state index is -0.514. The minimum Gasteiger partial charge on any atom is -0.484 e. The number of para-hydroxylation sites is 1. The highest BCUT2D eigenvalue weighted by Gasteiger charge is 2.22. The number of primary amides is 1. The first-order valence-electron chi connectivity index (χ1n) is 8.34. The van der Waals surface area contributed by atoms with Gasteiger partial charge in [0.15, 0.2) is 6.61 Å². The van der Waals surface area contributed by atoms with Gasteiger partial charge in [-0.2, -0.15) is 0 Å². The fraction of sp³-hybridized carbons (Fsp3) is 0.263. The van der Waals surface area contributed by atoms with E-state index >= 15 is 0 Å². The van der Waals surface area contributed by atoms with Crippen molar-refractivity contribution in [2.24, 2.45) is 5.73 Å². The summed E-state index contributed by atoms with van der Waals surface area (Å²) in [6.45, 7) is 2.07. The second-order valence-electron chi connectivity index (χ2n) is 6.00. The number of ether oxygens (including phenoxy) is 1. The highest BCUT2D eigenvalue weighted by Crippen LogP contribution is 2.20. The number of carbonyl (C=O) groups excluding carboxylic acids is 2. The van der Waals surface area contributed by atoms with Crippen molar-refractivity contribution < 1.29 is 18.7 Å². The second-order valence-corrected chi connectivity index (χ2v) is 6.00. The fourth-order valence-electron chi connectivity index (χ4n) is 2.86. The van der Waals surface area contributed by atoms with Crippen molar-refractivity contribution in [2.75, 3.05) is 37.7 Å². The zero-order chi connectivity index (χ0) is 18.5. The molecule has 26 heavy (non-hydrogen) atoms. The van der Waals surface area contributed by atoms with E-state index in [0.29, 0.717) is 43.2 Å². The van der Waals surface area contributed by atoms with Gasteiger partial charge in [-0.3, -0.25) is 9.59 Å². The summed E-state index contributed by atoms with van der Waals surface area (Å²) in [5, 5.41) is 0. The van der Waals surface area contributed by atoms with Crippen LogP contribution >= 0.6 is 0 Å². The number of amides is 2.